The number of nitrogens with zero attached hydrogens (tertiary/aromatic N) is 1. The number of carbonyl (C=O) groups is 1. The topological polar surface area (TPSA) is 75.7 Å². The van der Waals surface area contributed by atoms with Crippen LogP contribution in [-0.4, -0.2) is 28.0 Å². The monoisotopic (exact) mass is 442 g/mol. The van der Waals surface area contributed by atoms with E-state index < -0.39 is 15.9 Å². The van der Waals surface area contributed by atoms with Crippen LogP contribution in [0.2, 0.25) is 5.02 Å². The Morgan fingerprint density at radius 3 is 2.63 bits per heavy atom. The molecule has 0 aliphatic carbocycles. The van der Waals surface area contributed by atoms with Crippen molar-refractivity contribution in [3.05, 3.63) is 82.9 Å². The number of sulfonamides is 1. The van der Waals surface area contributed by atoms with Crippen LogP contribution < -0.4 is 14.4 Å². The van der Waals surface area contributed by atoms with E-state index in [0.29, 0.717) is 29.4 Å². The number of methoxy groups -OCH3 is 1. The van der Waals surface area contributed by atoms with Gasteiger partial charge in [-0.2, -0.15) is 0 Å². The van der Waals surface area contributed by atoms with E-state index >= 15 is 0 Å². The van der Waals surface area contributed by atoms with Gasteiger partial charge in [-0.3, -0.25) is 9.10 Å². The summed E-state index contributed by atoms with van der Waals surface area (Å²) in [6.07, 6.45) is 0.646. The minimum absolute atomic E-state index is 0.0243. The van der Waals surface area contributed by atoms with Crippen molar-refractivity contribution < 1.29 is 17.9 Å². The summed E-state index contributed by atoms with van der Waals surface area (Å²) >= 11 is 5.97. The molecule has 8 heteroatoms. The first-order valence-electron chi connectivity index (χ1n) is 9.26. The number of benzene rings is 3. The Balaban J connectivity index is 1.70. The van der Waals surface area contributed by atoms with Crippen LogP contribution in [0.15, 0.2) is 71.6 Å². The zero-order chi connectivity index (χ0) is 21.3. The fraction of sp³-hybridized carbons (Fsp3) is 0.136. The van der Waals surface area contributed by atoms with Crippen LogP contribution in [0.25, 0.3) is 0 Å². The van der Waals surface area contributed by atoms with Gasteiger partial charge in [0.25, 0.3) is 15.9 Å². The van der Waals surface area contributed by atoms with Gasteiger partial charge in [-0.05, 0) is 54.4 Å². The molecule has 4 rings (SSSR count). The second kappa shape index (κ2) is 8.01. The molecule has 30 heavy (non-hydrogen) atoms. The Hall–Kier alpha value is -3.03. The first kappa shape index (κ1) is 20.3. The normalized spacial score (nSPS) is 13.1. The predicted molar refractivity (Wildman–Crippen MR) is 117 cm³/mol. The molecule has 1 aliphatic heterocycles. The average molecular weight is 443 g/mol. The highest BCUT2D eigenvalue weighted by atomic mass is 35.5. The largest absolute Gasteiger partial charge is 0.496 e. The van der Waals surface area contributed by atoms with Gasteiger partial charge in [-0.1, -0.05) is 35.9 Å². The molecule has 0 saturated heterocycles. The summed E-state index contributed by atoms with van der Waals surface area (Å²) in [6, 6.07) is 18.4. The van der Waals surface area contributed by atoms with Crippen LogP contribution in [0, 0.1) is 0 Å². The molecule has 0 radical (unpaired) electrons. The van der Waals surface area contributed by atoms with Crippen molar-refractivity contribution in [3.63, 3.8) is 0 Å². The predicted octanol–water partition coefficient (Wildman–Crippen LogP) is 4.35. The second-order valence-corrected chi connectivity index (χ2v) is 9.08. The number of fused-ring (bicyclic) bond motifs is 1. The highest BCUT2D eigenvalue weighted by Gasteiger charge is 2.31. The molecule has 0 unspecified atom stereocenters. The Bertz CT molecular complexity index is 1230. The Morgan fingerprint density at radius 2 is 1.87 bits per heavy atom. The van der Waals surface area contributed by atoms with Gasteiger partial charge in [0.1, 0.15) is 5.75 Å². The molecule has 0 fully saturated rings. The number of para-hydroxylation sites is 1. The van der Waals surface area contributed by atoms with E-state index in [9.17, 15) is 13.2 Å². The lowest BCUT2D eigenvalue weighted by Gasteiger charge is -2.20. The maximum absolute atomic E-state index is 13.3. The Kier molecular flexibility index (Phi) is 5.40. The van der Waals surface area contributed by atoms with Crippen molar-refractivity contribution in [3.8, 4) is 5.75 Å². The summed E-state index contributed by atoms with van der Waals surface area (Å²) in [5.74, 6) is -0.219. The molecule has 1 N–H and O–H groups in total. The van der Waals surface area contributed by atoms with E-state index in [-0.39, 0.29) is 16.2 Å². The molecule has 0 bridgehead atoms. The van der Waals surface area contributed by atoms with Crippen molar-refractivity contribution >= 4 is 38.9 Å². The van der Waals surface area contributed by atoms with Gasteiger partial charge < -0.3 is 10.1 Å². The second-order valence-electron chi connectivity index (χ2n) is 6.78. The molecule has 0 spiro atoms. The number of rotatable bonds is 5. The van der Waals surface area contributed by atoms with Crippen LogP contribution in [0.3, 0.4) is 0 Å². The summed E-state index contributed by atoms with van der Waals surface area (Å²) in [6.45, 7) is 0.359. The van der Waals surface area contributed by atoms with Gasteiger partial charge >= 0.3 is 0 Å². The van der Waals surface area contributed by atoms with Crippen molar-refractivity contribution in [1.29, 1.82) is 0 Å². The number of carbonyl (C=O) groups excluding carboxylic acids is 1. The standard InChI is InChI=1S/C22H19ClN2O4S/c1-29-21-10-9-18(14-19(21)22(26)24-17-7-4-6-16(23)13-17)30(27,28)25-12-11-15-5-2-3-8-20(15)25/h2-10,13-14H,11-12H2,1H3,(H,24,26). The van der Waals surface area contributed by atoms with Gasteiger partial charge in [0.2, 0.25) is 0 Å². The molecule has 1 aliphatic rings. The van der Waals surface area contributed by atoms with Crippen molar-refractivity contribution in [1.82, 2.24) is 0 Å². The third-order valence-corrected chi connectivity index (χ3v) is 6.97. The smallest absolute Gasteiger partial charge is 0.264 e. The summed E-state index contributed by atoms with van der Waals surface area (Å²) in [5.41, 5.74) is 2.26. The maximum Gasteiger partial charge on any atom is 0.264 e. The summed E-state index contributed by atoms with van der Waals surface area (Å²) in [4.78, 5) is 12.9. The Morgan fingerprint density at radius 1 is 1.07 bits per heavy atom. The number of anilines is 2. The molecule has 1 amide bonds. The fourth-order valence-electron chi connectivity index (χ4n) is 3.47. The van der Waals surface area contributed by atoms with E-state index in [0.717, 1.165) is 5.56 Å². The highest BCUT2D eigenvalue weighted by Crippen LogP contribution is 2.34. The molecule has 3 aromatic rings. The Labute approximate surface area is 180 Å². The first-order valence-corrected chi connectivity index (χ1v) is 11.1. The zero-order valence-electron chi connectivity index (χ0n) is 16.1. The van der Waals surface area contributed by atoms with E-state index in [1.54, 1.807) is 30.3 Å². The molecule has 6 nitrogen and oxygen atoms in total. The quantitative estimate of drug-likeness (QED) is 0.637. The number of amides is 1. The van der Waals surface area contributed by atoms with Gasteiger partial charge in [0.05, 0.1) is 23.3 Å². The summed E-state index contributed by atoms with van der Waals surface area (Å²) in [7, 11) is -2.41. The minimum atomic E-state index is -3.84. The number of nitrogens with one attached hydrogen (secondary N) is 1. The first-order chi connectivity index (χ1) is 14.4. The van der Waals surface area contributed by atoms with E-state index in [1.165, 1.54) is 29.6 Å². The molecular weight excluding hydrogens is 424 g/mol. The molecule has 3 aromatic carbocycles. The van der Waals surface area contributed by atoms with Gasteiger partial charge in [0, 0.05) is 17.3 Å². The van der Waals surface area contributed by atoms with Gasteiger partial charge in [-0.15, -0.1) is 0 Å². The summed E-state index contributed by atoms with van der Waals surface area (Å²) < 4.78 is 33.3. The maximum atomic E-state index is 13.3. The van der Waals surface area contributed by atoms with Crippen LogP contribution in [0.1, 0.15) is 15.9 Å². The van der Waals surface area contributed by atoms with Crippen molar-refractivity contribution in [2.45, 2.75) is 11.3 Å². The lowest BCUT2D eigenvalue weighted by atomic mass is 10.2. The third kappa shape index (κ3) is 3.74. The number of hydrogen-bond donors (Lipinski definition) is 1. The average Bonchev–Trinajstić information content (AvgIpc) is 3.18. The van der Waals surface area contributed by atoms with E-state index in [2.05, 4.69) is 5.32 Å². The molecule has 1 heterocycles. The fourth-order valence-corrected chi connectivity index (χ4v) is 5.19. The van der Waals surface area contributed by atoms with Crippen LogP contribution in [0.4, 0.5) is 11.4 Å². The number of hydrogen-bond acceptors (Lipinski definition) is 4. The number of halogens is 1. The van der Waals surface area contributed by atoms with Crippen molar-refractivity contribution in [2.24, 2.45) is 0 Å². The molecular formula is C22H19ClN2O4S. The van der Waals surface area contributed by atoms with Crippen LogP contribution >= 0.6 is 11.6 Å². The SMILES string of the molecule is COc1ccc(S(=O)(=O)N2CCc3ccccc32)cc1C(=O)Nc1cccc(Cl)c1. The lowest BCUT2D eigenvalue weighted by molar-refractivity contribution is 0.102. The van der Waals surface area contributed by atoms with Crippen molar-refractivity contribution in [2.75, 3.05) is 23.3 Å². The van der Waals surface area contributed by atoms with Gasteiger partial charge in [-0.25, -0.2) is 8.42 Å². The van der Waals surface area contributed by atoms with E-state index in [4.69, 9.17) is 16.3 Å². The summed E-state index contributed by atoms with van der Waals surface area (Å²) in [5, 5.41) is 3.20. The zero-order valence-corrected chi connectivity index (χ0v) is 17.7. The molecule has 0 atom stereocenters. The van der Waals surface area contributed by atoms with E-state index in [1.807, 2.05) is 18.2 Å². The lowest BCUT2D eigenvalue weighted by Crippen LogP contribution is -2.29. The van der Waals surface area contributed by atoms with Crippen LogP contribution in [-0.2, 0) is 16.4 Å². The molecule has 154 valence electrons. The third-order valence-electron chi connectivity index (χ3n) is 4.93. The number of ether oxygens (including phenoxy) is 1. The molecule has 0 aromatic heterocycles. The van der Waals surface area contributed by atoms with Gasteiger partial charge in [0.15, 0.2) is 0 Å². The highest BCUT2D eigenvalue weighted by molar-refractivity contribution is 7.92. The molecule has 0 saturated carbocycles. The minimum Gasteiger partial charge on any atom is -0.496 e. The van der Waals surface area contributed by atoms with Crippen LogP contribution in [0.5, 0.6) is 5.75 Å².